The van der Waals surface area contributed by atoms with E-state index in [4.69, 9.17) is 0 Å². The Kier molecular flexibility index (Phi) is 7.74. The first-order valence-electron chi connectivity index (χ1n) is 8.51. The molecule has 0 aliphatic heterocycles. The van der Waals surface area contributed by atoms with E-state index in [2.05, 4.69) is 82.8 Å². The van der Waals surface area contributed by atoms with Crippen LogP contribution in [0.15, 0.2) is 48.2 Å². The highest BCUT2D eigenvalue weighted by atomic mass is 28.3. The van der Waals surface area contributed by atoms with Crippen LogP contribution < -0.4 is 0 Å². The molecule has 0 bridgehead atoms. The van der Waals surface area contributed by atoms with Gasteiger partial charge >= 0.3 is 0 Å². The van der Waals surface area contributed by atoms with E-state index in [0.29, 0.717) is 5.92 Å². The van der Waals surface area contributed by atoms with Crippen molar-refractivity contribution in [3.8, 4) is 0 Å². The van der Waals surface area contributed by atoms with Crippen molar-refractivity contribution >= 4 is 13.6 Å². The van der Waals surface area contributed by atoms with Crippen molar-refractivity contribution in [3.63, 3.8) is 0 Å². The molecule has 116 valence electrons. The molecule has 0 radical (unpaired) electrons. The zero-order chi connectivity index (χ0) is 15.7. The lowest BCUT2D eigenvalue weighted by Crippen LogP contribution is -2.28. The molecule has 0 atom stereocenters. The van der Waals surface area contributed by atoms with E-state index >= 15 is 0 Å². The standard InChI is InChI=1S/C20H32Si/c1-6-21(7-2,8-3)17-16-20(15-14-18(4)5)19-12-10-9-11-13-19/h9-13,15-18H,6-8,14H2,1-5H3/b17-16+,20-15-. The topological polar surface area (TPSA) is 0 Å². The van der Waals surface area contributed by atoms with Crippen LogP contribution in [0.1, 0.15) is 46.6 Å². The quantitative estimate of drug-likeness (QED) is 0.369. The lowest BCUT2D eigenvalue weighted by molar-refractivity contribution is 0.664. The summed E-state index contributed by atoms with van der Waals surface area (Å²) in [5.41, 5.74) is 5.34. The van der Waals surface area contributed by atoms with Crippen molar-refractivity contribution < 1.29 is 0 Å². The molecule has 0 aromatic heterocycles. The molecule has 1 aromatic rings. The predicted octanol–water partition coefficient (Wildman–Crippen LogP) is 6.72. The molecule has 21 heavy (non-hydrogen) atoms. The Balaban J connectivity index is 3.06. The fourth-order valence-electron chi connectivity index (χ4n) is 2.65. The van der Waals surface area contributed by atoms with Crippen molar-refractivity contribution in [2.45, 2.75) is 59.2 Å². The minimum atomic E-state index is -1.19. The Morgan fingerprint density at radius 2 is 1.57 bits per heavy atom. The summed E-state index contributed by atoms with van der Waals surface area (Å²) in [7, 11) is -1.19. The summed E-state index contributed by atoms with van der Waals surface area (Å²) in [4.78, 5) is 0. The average molecular weight is 301 g/mol. The van der Waals surface area contributed by atoms with Gasteiger partial charge in [-0.15, -0.1) is 0 Å². The van der Waals surface area contributed by atoms with E-state index < -0.39 is 8.07 Å². The highest BCUT2D eigenvalue weighted by molar-refractivity contribution is 6.84. The van der Waals surface area contributed by atoms with Crippen LogP contribution in [-0.4, -0.2) is 8.07 Å². The first-order valence-corrected chi connectivity index (χ1v) is 11.2. The van der Waals surface area contributed by atoms with Gasteiger partial charge in [-0.1, -0.05) is 101 Å². The lowest BCUT2D eigenvalue weighted by Gasteiger charge is -2.23. The van der Waals surface area contributed by atoms with Crippen LogP contribution >= 0.6 is 0 Å². The first-order chi connectivity index (χ1) is 10.1. The largest absolute Gasteiger partial charge is 0.0936 e. The normalized spacial score (nSPS) is 13.3. The zero-order valence-corrected chi connectivity index (χ0v) is 15.5. The molecule has 0 heterocycles. The van der Waals surface area contributed by atoms with Crippen molar-refractivity contribution in [3.05, 3.63) is 53.7 Å². The Morgan fingerprint density at radius 1 is 1.00 bits per heavy atom. The average Bonchev–Trinajstić information content (AvgIpc) is 2.52. The van der Waals surface area contributed by atoms with Crippen LogP contribution in [0.2, 0.25) is 18.1 Å². The summed E-state index contributed by atoms with van der Waals surface area (Å²) in [5, 5.41) is 0. The summed E-state index contributed by atoms with van der Waals surface area (Å²) in [6, 6.07) is 14.9. The van der Waals surface area contributed by atoms with Gasteiger partial charge in [0.15, 0.2) is 0 Å². The zero-order valence-electron chi connectivity index (χ0n) is 14.5. The van der Waals surface area contributed by atoms with Gasteiger partial charge in [0.05, 0.1) is 8.07 Å². The molecule has 1 heteroatoms. The lowest BCUT2D eigenvalue weighted by atomic mass is 10.0. The Morgan fingerprint density at radius 3 is 2.05 bits per heavy atom. The predicted molar refractivity (Wildman–Crippen MR) is 100 cm³/mol. The molecule has 0 aliphatic carbocycles. The monoisotopic (exact) mass is 300 g/mol. The highest BCUT2D eigenvalue weighted by Gasteiger charge is 2.22. The molecule has 0 unspecified atom stereocenters. The van der Waals surface area contributed by atoms with Gasteiger partial charge in [0.25, 0.3) is 0 Å². The smallest absolute Gasteiger partial charge is 0.0770 e. The third kappa shape index (κ3) is 5.66. The fourth-order valence-corrected chi connectivity index (χ4v) is 5.39. The molecule has 0 nitrogen and oxygen atoms in total. The van der Waals surface area contributed by atoms with E-state index in [1.54, 1.807) is 0 Å². The van der Waals surface area contributed by atoms with E-state index in [0.717, 1.165) is 6.42 Å². The summed E-state index contributed by atoms with van der Waals surface area (Å²) in [6.45, 7) is 11.7. The fraction of sp³-hybridized carbons (Fsp3) is 0.500. The maximum atomic E-state index is 2.59. The maximum absolute atomic E-state index is 2.59. The van der Waals surface area contributed by atoms with Crippen molar-refractivity contribution in [1.82, 2.24) is 0 Å². The third-order valence-electron chi connectivity index (χ3n) is 4.65. The van der Waals surface area contributed by atoms with Crippen LogP contribution in [0.4, 0.5) is 0 Å². The second-order valence-corrected chi connectivity index (χ2v) is 11.6. The molecule has 0 saturated heterocycles. The van der Waals surface area contributed by atoms with Gasteiger partial charge in [0.1, 0.15) is 0 Å². The first kappa shape index (κ1) is 18.0. The number of hydrogen-bond acceptors (Lipinski definition) is 0. The number of benzene rings is 1. The van der Waals surface area contributed by atoms with Gasteiger partial charge in [0, 0.05) is 0 Å². The van der Waals surface area contributed by atoms with Crippen LogP contribution in [0.3, 0.4) is 0 Å². The molecule has 1 rings (SSSR count). The molecule has 0 fully saturated rings. The third-order valence-corrected chi connectivity index (χ3v) is 9.74. The molecule has 0 aliphatic rings. The van der Waals surface area contributed by atoms with E-state index in [1.165, 1.54) is 29.3 Å². The van der Waals surface area contributed by atoms with Crippen molar-refractivity contribution in [2.75, 3.05) is 0 Å². The van der Waals surface area contributed by atoms with Gasteiger partial charge in [0.2, 0.25) is 0 Å². The van der Waals surface area contributed by atoms with Crippen molar-refractivity contribution in [1.29, 1.82) is 0 Å². The number of hydrogen-bond donors (Lipinski definition) is 0. The summed E-state index contributed by atoms with van der Waals surface area (Å²) in [6.07, 6.45) is 5.98. The molecule has 0 spiro atoms. The van der Waals surface area contributed by atoms with Crippen molar-refractivity contribution in [2.24, 2.45) is 5.92 Å². The molecular formula is C20H32Si. The summed E-state index contributed by atoms with van der Waals surface area (Å²) >= 11 is 0. The Bertz CT molecular complexity index is 442. The van der Waals surface area contributed by atoms with Gasteiger partial charge in [-0.3, -0.25) is 0 Å². The molecule has 0 amide bonds. The van der Waals surface area contributed by atoms with Gasteiger partial charge in [-0.2, -0.15) is 0 Å². The summed E-state index contributed by atoms with van der Waals surface area (Å²) < 4.78 is 0. The number of rotatable bonds is 8. The Labute approximate surface area is 133 Å². The van der Waals surface area contributed by atoms with Gasteiger partial charge in [-0.05, 0) is 23.5 Å². The maximum Gasteiger partial charge on any atom is 0.0770 e. The second kappa shape index (κ2) is 9.04. The molecule has 0 N–H and O–H groups in total. The molecular weight excluding hydrogens is 268 g/mol. The van der Waals surface area contributed by atoms with Crippen LogP contribution in [0, 0.1) is 5.92 Å². The minimum absolute atomic E-state index is 0.711. The molecule has 0 saturated carbocycles. The minimum Gasteiger partial charge on any atom is -0.0936 e. The highest BCUT2D eigenvalue weighted by Crippen LogP contribution is 2.25. The van der Waals surface area contributed by atoms with Gasteiger partial charge in [-0.25, -0.2) is 0 Å². The van der Waals surface area contributed by atoms with E-state index in [-0.39, 0.29) is 0 Å². The summed E-state index contributed by atoms with van der Waals surface area (Å²) in [5.74, 6) is 0.711. The SMILES string of the molecule is CC[Si](/C=C/C(=C/CC(C)C)c1ccccc1)(CC)CC. The van der Waals surface area contributed by atoms with Gasteiger partial charge < -0.3 is 0 Å². The van der Waals surface area contributed by atoms with Crippen LogP contribution in [0.25, 0.3) is 5.57 Å². The number of allylic oxidation sites excluding steroid dienone is 3. The van der Waals surface area contributed by atoms with E-state index in [1.807, 2.05) is 0 Å². The molecule has 1 aromatic carbocycles. The Hall–Kier alpha value is -1.08. The van der Waals surface area contributed by atoms with Crippen LogP contribution in [-0.2, 0) is 0 Å². The van der Waals surface area contributed by atoms with Crippen LogP contribution in [0.5, 0.6) is 0 Å². The second-order valence-electron chi connectivity index (χ2n) is 6.41. The van der Waals surface area contributed by atoms with E-state index in [9.17, 15) is 0 Å².